The van der Waals surface area contributed by atoms with Crippen LogP contribution in [0.2, 0.25) is 0 Å². The number of carbonyl (C=O) groups is 2. The van der Waals surface area contributed by atoms with Crippen molar-refractivity contribution < 1.29 is 23.1 Å². The van der Waals surface area contributed by atoms with E-state index in [0.29, 0.717) is 36.2 Å². The third-order valence-corrected chi connectivity index (χ3v) is 8.48. The molecule has 0 unspecified atom stereocenters. The Kier molecular flexibility index (Phi) is 7.04. The van der Waals surface area contributed by atoms with Crippen LogP contribution in [0.3, 0.4) is 0 Å². The molecule has 0 aromatic carbocycles. The average Bonchev–Trinajstić information content (AvgIpc) is 3.76. The highest BCUT2D eigenvalue weighted by atomic mass is 19.3. The lowest BCUT2D eigenvalue weighted by atomic mass is 9.81. The summed E-state index contributed by atoms with van der Waals surface area (Å²) in [7, 11) is 0. The van der Waals surface area contributed by atoms with E-state index in [1.807, 2.05) is 0 Å². The Hall–Kier alpha value is -3.29. The number of halogens is 2. The van der Waals surface area contributed by atoms with Crippen molar-refractivity contribution in [2.45, 2.75) is 109 Å². The summed E-state index contributed by atoms with van der Waals surface area (Å²) in [6, 6.07) is 3.05. The molecule has 0 aliphatic heterocycles. The molecule has 0 radical (unpaired) electrons. The predicted molar refractivity (Wildman–Crippen MR) is 142 cm³/mol. The minimum Gasteiger partial charge on any atom is -0.444 e. The van der Waals surface area contributed by atoms with Crippen LogP contribution >= 0.6 is 0 Å². The minimum atomic E-state index is -2.71. The van der Waals surface area contributed by atoms with Crippen molar-refractivity contribution in [1.82, 2.24) is 25.2 Å². The Morgan fingerprint density at radius 1 is 1.18 bits per heavy atom. The van der Waals surface area contributed by atoms with Crippen molar-refractivity contribution in [3.63, 3.8) is 0 Å². The molecule has 2 N–H and O–H groups in total. The number of alkyl carbamates (subject to hydrolysis) is 1. The second-order valence-electron chi connectivity index (χ2n) is 13.3. The van der Waals surface area contributed by atoms with E-state index in [-0.39, 0.29) is 42.9 Å². The number of ether oxygens (including phenoxy) is 1. The number of nitrogens with one attached hydrogen (secondary N) is 2. The number of imidazole rings is 1. The summed E-state index contributed by atoms with van der Waals surface area (Å²) in [5, 5.41) is 20.4. The van der Waals surface area contributed by atoms with Crippen LogP contribution in [0.15, 0.2) is 18.5 Å². The molecule has 0 saturated heterocycles. The van der Waals surface area contributed by atoms with Gasteiger partial charge in [-0.05, 0) is 82.3 Å². The number of carbonyl (C=O) groups excluding carboxylic acids is 2. The number of aromatic nitrogens is 3. The van der Waals surface area contributed by atoms with Gasteiger partial charge in [0.25, 0.3) is 0 Å². The van der Waals surface area contributed by atoms with Crippen LogP contribution in [-0.4, -0.2) is 38.1 Å². The second kappa shape index (κ2) is 9.96. The van der Waals surface area contributed by atoms with Gasteiger partial charge >= 0.3 is 6.09 Å². The van der Waals surface area contributed by atoms with Crippen molar-refractivity contribution in [3.05, 3.63) is 29.7 Å². The number of nitrogens with zero attached hydrogens (tertiary/aromatic N) is 4. The van der Waals surface area contributed by atoms with Gasteiger partial charge in [-0.2, -0.15) is 10.4 Å². The number of nitriles is 1. The van der Waals surface area contributed by atoms with E-state index in [9.17, 15) is 23.6 Å². The third kappa shape index (κ3) is 6.37. The summed E-state index contributed by atoms with van der Waals surface area (Å²) < 4.78 is 34.9. The maximum absolute atomic E-state index is 13.9. The number of fused-ring (bicyclic) bond motifs is 1. The largest absolute Gasteiger partial charge is 0.444 e. The molecule has 0 spiro atoms. The van der Waals surface area contributed by atoms with Gasteiger partial charge in [-0.15, -0.1) is 0 Å². The van der Waals surface area contributed by atoms with Crippen LogP contribution in [0.4, 0.5) is 13.6 Å². The number of amides is 2. The number of hydrogen-bond donors (Lipinski definition) is 2. The number of rotatable bonds is 8. The lowest BCUT2D eigenvalue weighted by molar-refractivity contribution is -0.123. The Morgan fingerprint density at radius 3 is 2.42 bits per heavy atom. The van der Waals surface area contributed by atoms with Crippen LogP contribution in [0.25, 0.3) is 5.65 Å². The Labute approximate surface area is 233 Å². The van der Waals surface area contributed by atoms with Crippen molar-refractivity contribution in [2.75, 3.05) is 0 Å². The molecule has 3 saturated carbocycles. The van der Waals surface area contributed by atoms with Gasteiger partial charge in [0.15, 0.2) is 5.65 Å². The zero-order valence-electron chi connectivity index (χ0n) is 23.6. The van der Waals surface area contributed by atoms with E-state index in [0.717, 1.165) is 12.8 Å². The molecule has 216 valence electrons. The lowest BCUT2D eigenvalue weighted by Gasteiger charge is -2.33. The molecule has 11 heteroatoms. The molecule has 0 bridgehead atoms. The predicted octanol–water partition coefficient (Wildman–Crippen LogP) is 5.77. The Morgan fingerprint density at radius 2 is 1.85 bits per heavy atom. The molecule has 2 amide bonds. The van der Waals surface area contributed by atoms with E-state index in [1.165, 1.54) is 0 Å². The first kappa shape index (κ1) is 28.2. The van der Waals surface area contributed by atoms with Crippen LogP contribution in [0, 0.1) is 28.1 Å². The summed E-state index contributed by atoms with van der Waals surface area (Å²) in [4.78, 5) is 30.4. The molecule has 40 heavy (non-hydrogen) atoms. The quantitative estimate of drug-likeness (QED) is 0.426. The van der Waals surface area contributed by atoms with Gasteiger partial charge in [0, 0.05) is 19.3 Å². The molecule has 5 rings (SSSR count). The molecule has 3 aliphatic carbocycles. The van der Waals surface area contributed by atoms with Crippen LogP contribution in [0.5, 0.6) is 0 Å². The first-order chi connectivity index (χ1) is 18.7. The number of hydrogen-bond acceptors (Lipinski definition) is 6. The molecule has 3 fully saturated rings. The summed E-state index contributed by atoms with van der Waals surface area (Å²) >= 11 is 0. The normalized spacial score (nSPS) is 22.5. The minimum absolute atomic E-state index is 0.0391. The van der Waals surface area contributed by atoms with Gasteiger partial charge in [-0.1, -0.05) is 6.92 Å². The van der Waals surface area contributed by atoms with Gasteiger partial charge in [0.05, 0.1) is 41.7 Å². The molecular formula is C29H38F2N6O3. The smallest absolute Gasteiger partial charge is 0.408 e. The maximum Gasteiger partial charge on any atom is 0.408 e. The van der Waals surface area contributed by atoms with E-state index in [2.05, 4.69) is 28.7 Å². The zero-order valence-corrected chi connectivity index (χ0v) is 23.6. The summed E-state index contributed by atoms with van der Waals surface area (Å²) in [5.74, 6) is -3.04. The van der Waals surface area contributed by atoms with Crippen molar-refractivity contribution in [3.8, 4) is 6.07 Å². The van der Waals surface area contributed by atoms with Crippen LogP contribution < -0.4 is 10.6 Å². The zero-order chi connectivity index (χ0) is 28.9. The summed E-state index contributed by atoms with van der Waals surface area (Å²) in [5.41, 5.74) is 0.300. The standard InChI is InChI=1S/C29H38F2N6O3/c1-26(2,3)40-25(39)36-23(18-5-7-29(30,31)8-6-18)20-16-37-21(34-20)13-19(15-33-37)24(28(17-32)11-12-28)35-22(38)14-27(4)9-10-27/h13,15-16,18,23-24H,5-12,14H2,1-4H3,(H,35,38)(H,36,39)/t23-,24-/m0/s1. The molecule has 2 aromatic heterocycles. The fraction of sp³-hybridized carbons (Fsp3) is 0.690. The highest BCUT2D eigenvalue weighted by Gasteiger charge is 2.52. The highest BCUT2D eigenvalue weighted by molar-refractivity contribution is 5.78. The molecular weight excluding hydrogens is 518 g/mol. The second-order valence-corrected chi connectivity index (χ2v) is 13.3. The average molecular weight is 557 g/mol. The van der Waals surface area contributed by atoms with Gasteiger partial charge in [0.1, 0.15) is 5.60 Å². The van der Waals surface area contributed by atoms with Gasteiger partial charge in [0.2, 0.25) is 11.8 Å². The fourth-order valence-electron chi connectivity index (χ4n) is 5.61. The summed E-state index contributed by atoms with van der Waals surface area (Å²) in [6.45, 7) is 7.36. The lowest BCUT2D eigenvalue weighted by Crippen LogP contribution is -2.40. The molecule has 2 heterocycles. The topological polar surface area (TPSA) is 121 Å². The van der Waals surface area contributed by atoms with E-state index in [4.69, 9.17) is 9.72 Å². The Bertz CT molecular complexity index is 1330. The first-order valence-electron chi connectivity index (χ1n) is 14.1. The van der Waals surface area contributed by atoms with Crippen molar-refractivity contribution in [1.29, 1.82) is 5.26 Å². The molecule has 9 nitrogen and oxygen atoms in total. The first-order valence-corrected chi connectivity index (χ1v) is 14.1. The van der Waals surface area contributed by atoms with Gasteiger partial charge < -0.3 is 15.4 Å². The van der Waals surface area contributed by atoms with Crippen molar-refractivity contribution in [2.24, 2.45) is 16.7 Å². The Balaban J connectivity index is 1.42. The monoisotopic (exact) mass is 556 g/mol. The molecule has 2 aromatic rings. The van der Waals surface area contributed by atoms with Crippen LogP contribution in [0.1, 0.15) is 109 Å². The van der Waals surface area contributed by atoms with E-state index < -0.39 is 35.1 Å². The SMILES string of the molecule is CC1(CC(=O)N[C@@H](c2cnn3cc([C@@H](NC(=O)OC(C)(C)C)C4CCC(F)(F)CC4)nc3c2)C2(C#N)CC2)CC1. The third-order valence-electron chi connectivity index (χ3n) is 8.48. The van der Waals surface area contributed by atoms with Crippen LogP contribution in [-0.2, 0) is 9.53 Å². The van der Waals surface area contributed by atoms with Crippen molar-refractivity contribution >= 4 is 17.6 Å². The van der Waals surface area contributed by atoms with E-state index in [1.54, 1.807) is 43.7 Å². The van der Waals surface area contributed by atoms with Gasteiger partial charge in [-0.25, -0.2) is 23.1 Å². The van der Waals surface area contributed by atoms with E-state index >= 15 is 0 Å². The molecule has 2 atom stereocenters. The molecule has 3 aliphatic rings. The fourth-order valence-corrected chi connectivity index (χ4v) is 5.61. The number of alkyl halides is 2. The van der Waals surface area contributed by atoms with Gasteiger partial charge in [-0.3, -0.25) is 4.79 Å². The highest BCUT2D eigenvalue weighted by Crippen LogP contribution is 2.55. The maximum atomic E-state index is 13.9. The summed E-state index contributed by atoms with van der Waals surface area (Å²) in [6.07, 6.45) is 6.48.